The molecule has 0 spiro atoms. The molecule has 1 amide bonds. The van der Waals surface area contributed by atoms with E-state index in [0.29, 0.717) is 10.5 Å². The van der Waals surface area contributed by atoms with Crippen LogP contribution in [0.15, 0.2) is 47.4 Å². The van der Waals surface area contributed by atoms with Crippen LogP contribution in [0, 0.1) is 10.1 Å². The van der Waals surface area contributed by atoms with Crippen LogP contribution in [0.4, 0.5) is 11.4 Å². The van der Waals surface area contributed by atoms with Crippen molar-refractivity contribution in [2.75, 3.05) is 5.32 Å². The van der Waals surface area contributed by atoms with Crippen LogP contribution in [0.1, 0.15) is 18.1 Å². The predicted octanol–water partition coefficient (Wildman–Crippen LogP) is 3.46. The van der Waals surface area contributed by atoms with E-state index in [1.54, 1.807) is 6.08 Å². The van der Waals surface area contributed by atoms with E-state index in [4.69, 9.17) is 0 Å². The van der Waals surface area contributed by atoms with Gasteiger partial charge in [0.05, 0.1) is 9.83 Å². The third kappa shape index (κ3) is 3.97. The number of nitrogens with zero attached hydrogens (tertiary/aromatic N) is 1. The van der Waals surface area contributed by atoms with Gasteiger partial charge in [0.15, 0.2) is 11.2 Å². The lowest BCUT2D eigenvalue weighted by molar-refractivity contribution is -0.385. The Morgan fingerprint density at radius 3 is 2.69 bits per heavy atom. The summed E-state index contributed by atoms with van der Waals surface area (Å²) in [6.45, 7) is 2.08. The second kappa shape index (κ2) is 7.49. The Kier molecular flexibility index (Phi) is 5.13. The fraction of sp³-hybridized carbons (Fsp3) is 0.167. The number of nitrogens with one attached hydrogen (secondary N) is 2. The van der Waals surface area contributed by atoms with Gasteiger partial charge in [-0.05, 0) is 41.8 Å². The van der Waals surface area contributed by atoms with Gasteiger partial charge in [-0.15, -0.1) is 0 Å². The van der Waals surface area contributed by atoms with Crippen molar-refractivity contribution in [2.45, 2.75) is 18.8 Å². The molecule has 7 nitrogen and oxygen atoms in total. The van der Waals surface area contributed by atoms with E-state index in [1.807, 2.05) is 24.3 Å². The highest BCUT2D eigenvalue weighted by Crippen LogP contribution is 2.32. The minimum atomic E-state index is -0.663. The number of hydrogen-bond donors (Lipinski definition) is 3. The van der Waals surface area contributed by atoms with Crippen LogP contribution >= 0.6 is 11.8 Å². The highest BCUT2D eigenvalue weighted by molar-refractivity contribution is 8.05. The molecular formula is C18H17N3O4S. The molecule has 1 atom stereocenters. The lowest BCUT2D eigenvalue weighted by Crippen LogP contribution is -2.30. The summed E-state index contributed by atoms with van der Waals surface area (Å²) in [7, 11) is 0. The van der Waals surface area contributed by atoms with Gasteiger partial charge in [0.2, 0.25) is 0 Å². The van der Waals surface area contributed by atoms with Gasteiger partial charge < -0.3 is 15.7 Å². The number of nitro groups is 1. The highest BCUT2D eigenvalue weighted by Gasteiger charge is 2.27. The summed E-state index contributed by atoms with van der Waals surface area (Å²) in [4.78, 5) is 22.8. The van der Waals surface area contributed by atoms with Gasteiger partial charge in [0.1, 0.15) is 0 Å². The summed E-state index contributed by atoms with van der Waals surface area (Å²) in [5.74, 6) is -0.663. The van der Waals surface area contributed by atoms with Crippen LogP contribution in [0.3, 0.4) is 0 Å². The first-order valence-corrected chi connectivity index (χ1v) is 8.86. The van der Waals surface area contributed by atoms with Crippen LogP contribution in [0.2, 0.25) is 0 Å². The zero-order chi connectivity index (χ0) is 18.7. The van der Waals surface area contributed by atoms with Crippen molar-refractivity contribution in [2.24, 2.45) is 0 Å². The van der Waals surface area contributed by atoms with Crippen LogP contribution in [0.5, 0.6) is 5.75 Å². The first-order chi connectivity index (χ1) is 12.5. The molecule has 134 valence electrons. The molecule has 26 heavy (non-hydrogen) atoms. The zero-order valence-corrected chi connectivity index (χ0v) is 14.7. The number of nitro benzene ring substituents is 1. The Morgan fingerprint density at radius 2 is 2.04 bits per heavy atom. The SMILES string of the molecule is CCc1ccc(NC2NC(=O)C(=Cc3ccc(O)c([N+](=O)[O-])c3)S2)cc1. The number of thioether (sulfide) groups is 1. The van der Waals surface area contributed by atoms with Crippen molar-refractivity contribution in [3.05, 3.63) is 68.6 Å². The van der Waals surface area contributed by atoms with Crippen molar-refractivity contribution in [3.63, 3.8) is 0 Å². The van der Waals surface area contributed by atoms with Gasteiger partial charge in [-0.3, -0.25) is 14.9 Å². The van der Waals surface area contributed by atoms with Crippen LogP contribution in [-0.2, 0) is 11.2 Å². The van der Waals surface area contributed by atoms with Gasteiger partial charge in [0, 0.05) is 11.8 Å². The smallest absolute Gasteiger partial charge is 0.311 e. The lowest BCUT2D eigenvalue weighted by atomic mass is 10.1. The fourth-order valence-corrected chi connectivity index (χ4v) is 3.47. The van der Waals surface area contributed by atoms with Crippen molar-refractivity contribution in [1.29, 1.82) is 0 Å². The average Bonchev–Trinajstić information content (AvgIpc) is 2.96. The third-order valence-corrected chi connectivity index (χ3v) is 4.91. The molecule has 1 heterocycles. The van der Waals surface area contributed by atoms with Gasteiger partial charge in [0.25, 0.3) is 5.91 Å². The molecule has 1 aliphatic heterocycles. The maximum Gasteiger partial charge on any atom is 0.311 e. The lowest BCUT2D eigenvalue weighted by Gasteiger charge is -2.12. The zero-order valence-electron chi connectivity index (χ0n) is 13.9. The molecule has 0 bridgehead atoms. The second-order valence-corrected chi connectivity index (χ2v) is 6.83. The largest absolute Gasteiger partial charge is 0.502 e. The number of anilines is 1. The topological polar surface area (TPSA) is 104 Å². The summed E-state index contributed by atoms with van der Waals surface area (Å²) < 4.78 is 0. The van der Waals surface area contributed by atoms with Crippen LogP contribution in [0.25, 0.3) is 6.08 Å². The second-order valence-electron chi connectivity index (χ2n) is 5.68. The molecule has 3 N–H and O–H groups in total. The number of phenolic OH excluding ortho intramolecular Hbond substituents is 1. The van der Waals surface area contributed by atoms with E-state index in [9.17, 15) is 20.0 Å². The maximum absolute atomic E-state index is 12.1. The number of benzene rings is 2. The van der Waals surface area contributed by atoms with E-state index in [-0.39, 0.29) is 11.4 Å². The van der Waals surface area contributed by atoms with Gasteiger partial charge in [-0.1, -0.05) is 36.9 Å². The Bertz CT molecular complexity index is 881. The Balaban J connectivity index is 1.73. The number of phenols is 1. The quantitative estimate of drug-likeness (QED) is 0.422. The summed E-state index contributed by atoms with van der Waals surface area (Å²) in [6.07, 6.45) is 2.52. The minimum Gasteiger partial charge on any atom is -0.502 e. The summed E-state index contributed by atoms with van der Waals surface area (Å²) >= 11 is 1.29. The van der Waals surface area contributed by atoms with Crippen molar-refractivity contribution in [1.82, 2.24) is 5.32 Å². The molecule has 1 saturated heterocycles. The summed E-state index contributed by atoms with van der Waals surface area (Å²) in [6, 6.07) is 12.0. The number of aryl methyl sites for hydroxylation is 1. The minimum absolute atomic E-state index is 0.256. The molecule has 3 rings (SSSR count). The standard InChI is InChI=1S/C18H17N3O4S/c1-2-11-3-6-13(7-4-11)19-18-20-17(23)16(26-18)10-12-5-8-15(22)14(9-12)21(24)25/h3-10,18-19,22H,2H2,1H3,(H,20,23). The van der Waals surface area contributed by atoms with Crippen molar-refractivity contribution in [3.8, 4) is 5.75 Å². The number of aromatic hydroxyl groups is 1. The van der Waals surface area contributed by atoms with E-state index in [0.717, 1.165) is 12.1 Å². The first-order valence-electron chi connectivity index (χ1n) is 7.98. The molecule has 1 unspecified atom stereocenters. The van der Waals surface area contributed by atoms with Crippen molar-refractivity contribution < 1.29 is 14.8 Å². The summed E-state index contributed by atoms with van der Waals surface area (Å²) in [5, 5.41) is 26.4. The van der Waals surface area contributed by atoms with E-state index < -0.39 is 16.4 Å². The molecule has 2 aromatic rings. The van der Waals surface area contributed by atoms with E-state index in [2.05, 4.69) is 17.6 Å². The number of hydrogen-bond acceptors (Lipinski definition) is 6. The number of carbonyl (C=O) groups excluding carboxylic acids is 1. The Labute approximate surface area is 154 Å². The summed E-state index contributed by atoms with van der Waals surface area (Å²) in [5.41, 5.74) is 1.87. The fourth-order valence-electron chi connectivity index (χ4n) is 2.48. The van der Waals surface area contributed by atoms with Crippen molar-refractivity contribution >= 4 is 35.1 Å². The number of carbonyl (C=O) groups is 1. The molecule has 0 saturated carbocycles. The molecule has 0 aliphatic carbocycles. The highest BCUT2D eigenvalue weighted by atomic mass is 32.2. The van der Waals surface area contributed by atoms with E-state index >= 15 is 0 Å². The Hall–Kier alpha value is -3.00. The van der Waals surface area contributed by atoms with Crippen LogP contribution < -0.4 is 10.6 Å². The van der Waals surface area contributed by atoms with Crippen LogP contribution in [-0.4, -0.2) is 21.4 Å². The van der Waals surface area contributed by atoms with Gasteiger partial charge in [-0.2, -0.15) is 0 Å². The normalized spacial score (nSPS) is 18.0. The molecule has 1 fully saturated rings. The molecule has 1 aliphatic rings. The van der Waals surface area contributed by atoms with Gasteiger partial charge >= 0.3 is 5.69 Å². The Morgan fingerprint density at radius 1 is 1.31 bits per heavy atom. The van der Waals surface area contributed by atoms with Gasteiger partial charge in [-0.25, -0.2) is 0 Å². The third-order valence-electron chi connectivity index (χ3n) is 3.88. The molecular weight excluding hydrogens is 354 g/mol. The first kappa shape index (κ1) is 17.8. The average molecular weight is 371 g/mol. The number of rotatable bonds is 5. The predicted molar refractivity (Wildman–Crippen MR) is 102 cm³/mol. The molecule has 0 aromatic heterocycles. The number of amides is 1. The molecule has 0 radical (unpaired) electrons. The monoisotopic (exact) mass is 371 g/mol. The van der Waals surface area contributed by atoms with E-state index in [1.165, 1.54) is 35.5 Å². The molecule has 2 aromatic carbocycles. The molecule has 8 heteroatoms. The maximum atomic E-state index is 12.1.